The zero-order valence-corrected chi connectivity index (χ0v) is 9.00. The summed E-state index contributed by atoms with van der Waals surface area (Å²) in [4.78, 5) is 2.48. The van der Waals surface area contributed by atoms with Gasteiger partial charge < -0.3 is 5.73 Å². The van der Waals surface area contributed by atoms with E-state index in [1.54, 1.807) is 11.3 Å². The summed E-state index contributed by atoms with van der Waals surface area (Å²) in [6, 6.07) is 2.15. The Kier molecular flexibility index (Phi) is 2.05. The molecule has 3 nitrogen and oxygen atoms in total. The van der Waals surface area contributed by atoms with Crippen molar-refractivity contribution in [3.05, 3.63) is 16.5 Å². The molecule has 0 atom stereocenters. The lowest BCUT2D eigenvalue weighted by molar-refractivity contribution is 1.10. The highest BCUT2D eigenvalue weighted by molar-refractivity contribution is 7.23. The molecule has 5 heteroatoms. The lowest BCUT2D eigenvalue weighted by Gasteiger charge is -1.89. The number of hydrogen-bond acceptors (Lipinski definition) is 5. The van der Waals surface area contributed by atoms with Crippen molar-refractivity contribution >= 4 is 27.8 Å². The first kappa shape index (κ1) is 8.65. The summed E-state index contributed by atoms with van der Waals surface area (Å²) < 4.78 is 0. The van der Waals surface area contributed by atoms with Gasteiger partial charge in [-0.25, -0.2) is 0 Å². The van der Waals surface area contributed by atoms with Crippen LogP contribution < -0.4 is 5.73 Å². The molecule has 2 rings (SSSR count). The van der Waals surface area contributed by atoms with E-state index in [2.05, 4.69) is 30.1 Å². The summed E-state index contributed by atoms with van der Waals surface area (Å²) in [5.41, 5.74) is 6.77. The molecule has 2 heterocycles. The van der Waals surface area contributed by atoms with Crippen LogP contribution in [0.3, 0.4) is 0 Å². The van der Waals surface area contributed by atoms with Crippen LogP contribution in [-0.4, -0.2) is 10.2 Å². The van der Waals surface area contributed by atoms with E-state index < -0.39 is 0 Å². The fourth-order valence-electron chi connectivity index (χ4n) is 1.18. The molecule has 0 aliphatic rings. The van der Waals surface area contributed by atoms with E-state index in [1.807, 2.05) is 0 Å². The van der Waals surface area contributed by atoms with Crippen molar-refractivity contribution in [1.82, 2.24) is 10.2 Å². The highest BCUT2D eigenvalue weighted by Crippen LogP contribution is 2.34. The Morgan fingerprint density at radius 2 is 2.00 bits per heavy atom. The van der Waals surface area contributed by atoms with Gasteiger partial charge in [-0.15, -0.1) is 21.5 Å². The van der Waals surface area contributed by atoms with Crippen LogP contribution in [0.2, 0.25) is 0 Å². The highest BCUT2D eigenvalue weighted by atomic mass is 32.1. The fourth-order valence-corrected chi connectivity index (χ4v) is 2.95. The first-order valence-corrected chi connectivity index (χ1v) is 5.46. The normalized spacial score (nSPS) is 10.6. The summed E-state index contributed by atoms with van der Waals surface area (Å²) in [5.74, 6) is 0. The molecule has 0 fully saturated rings. The molecule has 0 aliphatic heterocycles. The second-order valence-electron chi connectivity index (χ2n) is 2.81. The average molecular weight is 211 g/mol. The number of anilines is 1. The minimum Gasteiger partial charge on any atom is -0.374 e. The number of thiophene rings is 1. The number of hydrogen-bond donors (Lipinski definition) is 1. The number of nitrogens with zero attached hydrogens (tertiary/aromatic N) is 2. The summed E-state index contributed by atoms with van der Waals surface area (Å²) in [7, 11) is 0. The van der Waals surface area contributed by atoms with Gasteiger partial charge in [-0.2, -0.15) is 0 Å². The maximum absolute atomic E-state index is 5.52. The van der Waals surface area contributed by atoms with Crippen molar-refractivity contribution in [2.24, 2.45) is 0 Å². The van der Waals surface area contributed by atoms with Crippen LogP contribution in [0.5, 0.6) is 0 Å². The Morgan fingerprint density at radius 3 is 2.46 bits per heavy atom. The van der Waals surface area contributed by atoms with Gasteiger partial charge in [0.2, 0.25) is 5.13 Å². The Balaban J connectivity index is 2.51. The summed E-state index contributed by atoms with van der Waals surface area (Å²) in [6.45, 7) is 4.17. The van der Waals surface area contributed by atoms with Gasteiger partial charge in [0.15, 0.2) is 5.01 Å². The Morgan fingerprint density at radius 1 is 1.23 bits per heavy atom. The molecule has 68 valence electrons. The lowest BCUT2D eigenvalue weighted by Crippen LogP contribution is -1.80. The Labute approximate surface area is 84.2 Å². The molecule has 2 N–H and O–H groups in total. The van der Waals surface area contributed by atoms with Crippen LogP contribution in [0, 0.1) is 13.8 Å². The standard InChI is InChI=1S/C8H9N3S2/c1-4-3-5(2)12-6(4)7-10-11-8(9)13-7/h3H,1-2H3,(H2,9,11). The van der Waals surface area contributed by atoms with Crippen LogP contribution in [-0.2, 0) is 0 Å². The topological polar surface area (TPSA) is 51.8 Å². The zero-order valence-electron chi connectivity index (χ0n) is 7.37. The summed E-state index contributed by atoms with van der Waals surface area (Å²) in [6.07, 6.45) is 0. The van der Waals surface area contributed by atoms with Crippen LogP contribution in [0.25, 0.3) is 9.88 Å². The minimum atomic E-state index is 0.528. The van der Waals surface area contributed by atoms with Gasteiger partial charge in [0, 0.05) is 4.88 Å². The van der Waals surface area contributed by atoms with Crippen LogP contribution in [0.15, 0.2) is 6.07 Å². The van der Waals surface area contributed by atoms with Gasteiger partial charge in [-0.3, -0.25) is 0 Å². The molecule has 0 saturated heterocycles. The third-order valence-electron chi connectivity index (χ3n) is 1.68. The third-order valence-corrected chi connectivity index (χ3v) is 3.73. The predicted molar refractivity (Wildman–Crippen MR) is 57.1 cm³/mol. The molecule has 0 aromatic carbocycles. The van der Waals surface area contributed by atoms with Gasteiger partial charge in [0.1, 0.15) is 0 Å². The van der Waals surface area contributed by atoms with E-state index in [0.717, 1.165) is 5.01 Å². The maximum Gasteiger partial charge on any atom is 0.203 e. The molecule has 0 spiro atoms. The van der Waals surface area contributed by atoms with Crippen molar-refractivity contribution in [3.8, 4) is 9.88 Å². The molecule has 2 aromatic rings. The molecule has 13 heavy (non-hydrogen) atoms. The lowest BCUT2D eigenvalue weighted by atomic mass is 10.3. The number of nitrogens with two attached hydrogens (primary N) is 1. The molecular formula is C8H9N3S2. The number of nitrogen functional groups attached to an aromatic ring is 1. The second kappa shape index (κ2) is 3.08. The summed E-state index contributed by atoms with van der Waals surface area (Å²) in [5, 5.41) is 9.26. The number of rotatable bonds is 1. The largest absolute Gasteiger partial charge is 0.374 e. The van der Waals surface area contributed by atoms with Gasteiger partial charge in [0.05, 0.1) is 4.88 Å². The molecule has 0 aliphatic carbocycles. The predicted octanol–water partition coefficient (Wildman–Crippen LogP) is 2.47. The van der Waals surface area contributed by atoms with Crippen molar-refractivity contribution in [2.75, 3.05) is 5.73 Å². The van der Waals surface area contributed by atoms with Gasteiger partial charge in [-0.1, -0.05) is 11.3 Å². The first-order valence-electron chi connectivity index (χ1n) is 3.83. The first-order chi connectivity index (χ1) is 6.16. The van der Waals surface area contributed by atoms with E-state index in [-0.39, 0.29) is 0 Å². The van der Waals surface area contributed by atoms with Gasteiger partial charge in [-0.05, 0) is 25.5 Å². The van der Waals surface area contributed by atoms with E-state index >= 15 is 0 Å². The number of aromatic nitrogens is 2. The molecule has 0 saturated carbocycles. The van der Waals surface area contributed by atoms with Crippen molar-refractivity contribution in [1.29, 1.82) is 0 Å². The smallest absolute Gasteiger partial charge is 0.203 e. The van der Waals surface area contributed by atoms with Gasteiger partial charge >= 0.3 is 0 Å². The van der Waals surface area contributed by atoms with E-state index in [9.17, 15) is 0 Å². The van der Waals surface area contributed by atoms with Crippen LogP contribution >= 0.6 is 22.7 Å². The zero-order chi connectivity index (χ0) is 9.42. The minimum absolute atomic E-state index is 0.528. The van der Waals surface area contributed by atoms with Crippen LogP contribution in [0.1, 0.15) is 10.4 Å². The van der Waals surface area contributed by atoms with Crippen molar-refractivity contribution < 1.29 is 0 Å². The van der Waals surface area contributed by atoms with Crippen molar-refractivity contribution in [3.63, 3.8) is 0 Å². The molecule has 0 amide bonds. The molecule has 0 radical (unpaired) electrons. The van der Waals surface area contributed by atoms with E-state index in [0.29, 0.717) is 5.13 Å². The van der Waals surface area contributed by atoms with Crippen molar-refractivity contribution in [2.45, 2.75) is 13.8 Å². The highest BCUT2D eigenvalue weighted by Gasteiger charge is 2.10. The second-order valence-corrected chi connectivity index (χ2v) is 5.08. The quantitative estimate of drug-likeness (QED) is 0.788. The third kappa shape index (κ3) is 1.57. The number of aryl methyl sites for hydroxylation is 2. The molecule has 2 aromatic heterocycles. The van der Waals surface area contributed by atoms with Gasteiger partial charge in [0.25, 0.3) is 0 Å². The average Bonchev–Trinajstić information content (AvgIpc) is 2.58. The van der Waals surface area contributed by atoms with Crippen LogP contribution in [0.4, 0.5) is 5.13 Å². The Hall–Kier alpha value is -0.940. The maximum atomic E-state index is 5.52. The molecule has 0 unspecified atom stereocenters. The summed E-state index contributed by atoms with van der Waals surface area (Å²) >= 11 is 3.17. The SMILES string of the molecule is Cc1cc(C)c(-c2nnc(N)s2)s1. The monoisotopic (exact) mass is 211 g/mol. The van der Waals surface area contributed by atoms with E-state index in [4.69, 9.17) is 5.73 Å². The molecular weight excluding hydrogens is 202 g/mol. The molecule has 0 bridgehead atoms. The van der Waals surface area contributed by atoms with E-state index in [1.165, 1.54) is 26.7 Å². The fraction of sp³-hybridized carbons (Fsp3) is 0.250. The Bertz CT molecular complexity index is 430.